The molecule has 2 aromatic heterocycles. The molecule has 0 radical (unpaired) electrons. The van der Waals surface area contributed by atoms with Crippen molar-refractivity contribution >= 4 is 5.91 Å². The highest BCUT2D eigenvalue weighted by Crippen LogP contribution is 2.31. The highest BCUT2D eigenvalue weighted by atomic mass is 16.2. The molecule has 1 atom stereocenters. The third-order valence-corrected chi connectivity index (χ3v) is 4.29. The molecular formula is C17H24N6O. The maximum absolute atomic E-state index is 12.5. The molecule has 3 heterocycles. The van der Waals surface area contributed by atoms with Crippen molar-refractivity contribution in [1.29, 1.82) is 0 Å². The molecule has 0 saturated carbocycles. The first-order valence-corrected chi connectivity index (χ1v) is 8.39. The van der Waals surface area contributed by atoms with Crippen molar-refractivity contribution in [3.63, 3.8) is 0 Å². The summed E-state index contributed by atoms with van der Waals surface area (Å²) in [5.41, 5.74) is 0.854. The van der Waals surface area contributed by atoms with Crippen LogP contribution in [0.2, 0.25) is 0 Å². The van der Waals surface area contributed by atoms with Crippen LogP contribution >= 0.6 is 0 Å². The first kappa shape index (κ1) is 16.6. The van der Waals surface area contributed by atoms with E-state index in [1.165, 1.54) is 0 Å². The second kappa shape index (κ2) is 7.09. The Hall–Kier alpha value is -2.28. The molecule has 3 rings (SSSR count). The van der Waals surface area contributed by atoms with Gasteiger partial charge in [0.05, 0.1) is 30.7 Å². The molecule has 1 aliphatic rings. The molecule has 128 valence electrons. The highest BCUT2D eigenvalue weighted by Gasteiger charge is 2.31. The predicted molar refractivity (Wildman–Crippen MR) is 90.8 cm³/mol. The Morgan fingerprint density at radius 2 is 2.21 bits per heavy atom. The molecule has 24 heavy (non-hydrogen) atoms. The van der Waals surface area contributed by atoms with E-state index in [2.05, 4.69) is 16.9 Å². The molecule has 1 unspecified atom stereocenters. The number of aryl methyl sites for hydroxylation is 1. The zero-order valence-electron chi connectivity index (χ0n) is 14.5. The monoisotopic (exact) mass is 328 g/mol. The Labute approximate surface area is 142 Å². The van der Waals surface area contributed by atoms with E-state index in [9.17, 15) is 4.79 Å². The van der Waals surface area contributed by atoms with Crippen LogP contribution in [0.5, 0.6) is 0 Å². The average Bonchev–Trinajstić information content (AvgIpc) is 3.23. The quantitative estimate of drug-likeness (QED) is 0.831. The summed E-state index contributed by atoms with van der Waals surface area (Å²) in [6, 6.07) is 0.0125. The third kappa shape index (κ3) is 3.31. The van der Waals surface area contributed by atoms with E-state index >= 15 is 0 Å². The number of rotatable bonds is 5. The van der Waals surface area contributed by atoms with Gasteiger partial charge in [0, 0.05) is 25.4 Å². The van der Waals surface area contributed by atoms with Crippen LogP contribution in [0.1, 0.15) is 37.3 Å². The van der Waals surface area contributed by atoms with Gasteiger partial charge >= 0.3 is 0 Å². The summed E-state index contributed by atoms with van der Waals surface area (Å²) in [6.45, 7) is 3.27. The number of carbonyl (C=O) groups is 1. The molecule has 0 aromatic carbocycles. The summed E-state index contributed by atoms with van der Waals surface area (Å²) < 4.78 is 1.96. The maximum Gasteiger partial charge on any atom is 0.237 e. The minimum absolute atomic E-state index is 0.0125. The van der Waals surface area contributed by atoms with Gasteiger partial charge in [-0.3, -0.25) is 14.3 Å². The molecule has 1 amide bonds. The number of likely N-dealkylation sites (tertiary alicyclic amines) is 1. The summed E-state index contributed by atoms with van der Waals surface area (Å²) in [4.78, 5) is 29.8. The first-order chi connectivity index (χ1) is 11.6. The van der Waals surface area contributed by atoms with Crippen LogP contribution in [0, 0.1) is 0 Å². The molecule has 0 spiro atoms. The molecular weight excluding hydrogens is 304 g/mol. The van der Waals surface area contributed by atoms with Crippen LogP contribution in [0.15, 0.2) is 24.8 Å². The summed E-state index contributed by atoms with van der Waals surface area (Å²) in [7, 11) is 3.82. The number of nitrogens with zero attached hydrogens (tertiary/aromatic N) is 6. The molecule has 7 nitrogen and oxygen atoms in total. The number of amides is 1. The van der Waals surface area contributed by atoms with E-state index < -0.39 is 0 Å². The number of hydrogen-bond acceptors (Lipinski definition) is 5. The Morgan fingerprint density at radius 3 is 2.96 bits per heavy atom. The molecule has 0 bridgehead atoms. The zero-order chi connectivity index (χ0) is 17.1. The molecule has 2 aromatic rings. The number of aromatic nitrogens is 4. The fraction of sp³-hybridized carbons (Fsp3) is 0.529. The summed E-state index contributed by atoms with van der Waals surface area (Å²) in [6.07, 6.45) is 9.95. The van der Waals surface area contributed by atoms with Crippen molar-refractivity contribution in [2.24, 2.45) is 0 Å². The van der Waals surface area contributed by atoms with Crippen molar-refractivity contribution in [3.8, 4) is 5.82 Å². The van der Waals surface area contributed by atoms with Gasteiger partial charge in [0.2, 0.25) is 5.91 Å². The predicted octanol–water partition coefficient (Wildman–Crippen LogP) is 1.45. The number of carbonyl (C=O) groups excluding carboxylic acids is 1. The highest BCUT2D eigenvalue weighted by molar-refractivity contribution is 5.79. The van der Waals surface area contributed by atoms with Crippen LogP contribution in [0.25, 0.3) is 5.82 Å². The van der Waals surface area contributed by atoms with Crippen LogP contribution in [0.3, 0.4) is 0 Å². The van der Waals surface area contributed by atoms with Gasteiger partial charge in [0.1, 0.15) is 5.82 Å². The van der Waals surface area contributed by atoms with E-state index in [1.807, 2.05) is 34.7 Å². The van der Waals surface area contributed by atoms with E-state index in [1.54, 1.807) is 18.6 Å². The normalized spacial score (nSPS) is 17.7. The van der Waals surface area contributed by atoms with Gasteiger partial charge in [-0.05, 0) is 26.9 Å². The third-order valence-electron chi connectivity index (χ3n) is 4.29. The minimum atomic E-state index is 0.0125. The van der Waals surface area contributed by atoms with Gasteiger partial charge in [-0.2, -0.15) is 0 Å². The Kier molecular flexibility index (Phi) is 4.89. The van der Waals surface area contributed by atoms with Crippen molar-refractivity contribution in [2.75, 3.05) is 27.2 Å². The van der Waals surface area contributed by atoms with Gasteiger partial charge in [-0.1, -0.05) is 6.92 Å². The lowest BCUT2D eigenvalue weighted by atomic mass is 10.1. The summed E-state index contributed by atoms with van der Waals surface area (Å²) in [5, 5.41) is 0. The van der Waals surface area contributed by atoms with Gasteiger partial charge in [0.15, 0.2) is 5.82 Å². The Balaban J connectivity index is 1.87. The lowest BCUT2D eigenvalue weighted by Gasteiger charge is -2.25. The van der Waals surface area contributed by atoms with Crippen LogP contribution < -0.4 is 0 Å². The topological polar surface area (TPSA) is 67.2 Å². The second-order valence-corrected chi connectivity index (χ2v) is 6.35. The number of hydrogen-bond donors (Lipinski definition) is 0. The van der Waals surface area contributed by atoms with Gasteiger partial charge in [-0.15, -0.1) is 0 Å². The Bertz CT molecular complexity index is 711. The van der Waals surface area contributed by atoms with Crippen molar-refractivity contribution in [2.45, 2.75) is 32.2 Å². The standard InChI is InChI=1S/C17H24N6O/c1-4-15-19-7-9-23(15)16-11-18-10-13(20-16)14-6-5-8-22(14)17(24)12-21(2)3/h7,9-11,14H,4-6,8,12H2,1-3H3. The van der Waals surface area contributed by atoms with Crippen LogP contribution in [-0.4, -0.2) is 62.4 Å². The molecule has 1 aliphatic heterocycles. The molecule has 0 N–H and O–H groups in total. The summed E-state index contributed by atoms with van der Waals surface area (Å²) in [5.74, 6) is 1.86. The average molecular weight is 328 g/mol. The van der Waals surface area contributed by atoms with Gasteiger partial charge in [-0.25, -0.2) is 9.97 Å². The van der Waals surface area contributed by atoms with E-state index in [0.717, 1.165) is 43.1 Å². The fourth-order valence-electron chi connectivity index (χ4n) is 3.19. The van der Waals surface area contributed by atoms with E-state index in [4.69, 9.17) is 4.98 Å². The number of imidazole rings is 1. The van der Waals surface area contributed by atoms with Crippen molar-refractivity contribution < 1.29 is 4.79 Å². The molecule has 1 fully saturated rings. The number of likely N-dealkylation sites (N-methyl/N-ethyl adjacent to an activating group) is 1. The second-order valence-electron chi connectivity index (χ2n) is 6.35. The molecule has 7 heteroatoms. The largest absolute Gasteiger partial charge is 0.333 e. The van der Waals surface area contributed by atoms with Crippen LogP contribution in [-0.2, 0) is 11.2 Å². The fourth-order valence-corrected chi connectivity index (χ4v) is 3.19. The van der Waals surface area contributed by atoms with Gasteiger partial charge in [0.25, 0.3) is 0 Å². The van der Waals surface area contributed by atoms with E-state index in [0.29, 0.717) is 6.54 Å². The lowest BCUT2D eigenvalue weighted by Crippen LogP contribution is -2.37. The molecule has 0 aliphatic carbocycles. The maximum atomic E-state index is 12.5. The first-order valence-electron chi connectivity index (χ1n) is 8.39. The van der Waals surface area contributed by atoms with Crippen molar-refractivity contribution in [1.82, 2.24) is 29.3 Å². The van der Waals surface area contributed by atoms with Crippen LogP contribution in [0.4, 0.5) is 0 Å². The minimum Gasteiger partial charge on any atom is -0.333 e. The zero-order valence-corrected chi connectivity index (χ0v) is 14.5. The lowest BCUT2D eigenvalue weighted by molar-refractivity contribution is -0.132. The Morgan fingerprint density at radius 1 is 1.38 bits per heavy atom. The smallest absolute Gasteiger partial charge is 0.237 e. The SMILES string of the molecule is CCc1nccn1-c1cncc(C2CCCN2C(=O)CN(C)C)n1. The summed E-state index contributed by atoms with van der Waals surface area (Å²) >= 11 is 0. The van der Waals surface area contributed by atoms with Crippen molar-refractivity contribution in [3.05, 3.63) is 36.3 Å². The van der Waals surface area contributed by atoms with Gasteiger partial charge < -0.3 is 9.80 Å². The molecule has 1 saturated heterocycles. The van der Waals surface area contributed by atoms with E-state index in [-0.39, 0.29) is 11.9 Å².